The van der Waals surface area contributed by atoms with Crippen molar-refractivity contribution in [3.8, 4) is 11.5 Å². The summed E-state index contributed by atoms with van der Waals surface area (Å²) >= 11 is 6.67. The first-order valence-electron chi connectivity index (χ1n) is 9.59. The Morgan fingerprint density at radius 2 is 1.21 bits per heavy atom. The summed E-state index contributed by atoms with van der Waals surface area (Å²) in [5, 5.41) is 0.612. The minimum absolute atomic E-state index is 0.240. The van der Waals surface area contributed by atoms with E-state index in [1.54, 1.807) is 6.92 Å². The highest BCUT2D eigenvalue weighted by molar-refractivity contribution is 6.33. The van der Waals surface area contributed by atoms with Crippen LogP contribution in [0.25, 0.3) is 5.57 Å². The summed E-state index contributed by atoms with van der Waals surface area (Å²) in [5.74, 6) is 1.36. The van der Waals surface area contributed by atoms with Crippen LogP contribution in [-0.2, 0) is 9.53 Å². The number of ether oxygens (including phenoxy) is 3. The molecule has 0 bridgehead atoms. The van der Waals surface area contributed by atoms with E-state index in [0.29, 0.717) is 31.3 Å². The summed E-state index contributed by atoms with van der Waals surface area (Å²) < 4.78 is 16.1. The Kier molecular flexibility index (Phi) is 8.89. The average molecular weight is 403 g/mol. The molecule has 0 heterocycles. The fourth-order valence-electron chi connectivity index (χ4n) is 2.82. The summed E-state index contributed by atoms with van der Waals surface area (Å²) in [6.45, 7) is 7.28. The molecule has 0 aromatic heterocycles. The highest BCUT2D eigenvalue weighted by Crippen LogP contribution is 2.33. The molecule has 0 saturated heterocycles. The molecule has 0 atom stereocenters. The van der Waals surface area contributed by atoms with Gasteiger partial charge in [-0.05, 0) is 62.6 Å². The normalized spacial score (nSPS) is 10.3. The SMILES string of the molecule is CCOC(=O)CCC(Cl)=C(c1ccc(OCC)cc1)c1ccc(OCC)cc1. The maximum Gasteiger partial charge on any atom is 0.306 e. The number of carbonyl (C=O) groups excluding carboxylic acids is 1. The van der Waals surface area contributed by atoms with Crippen molar-refractivity contribution in [2.45, 2.75) is 33.6 Å². The number of halogens is 1. The highest BCUT2D eigenvalue weighted by atomic mass is 35.5. The third-order valence-electron chi connectivity index (χ3n) is 4.03. The van der Waals surface area contributed by atoms with Gasteiger partial charge in [0.2, 0.25) is 0 Å². The van der Waals surface area contributed by atoms with E-state index >= 15 is 0 Å². The fourth-order valence-corrected chi connectivity index (χ4v) is 3.13. The molecule has 2 aromatic rings. The van der Waals surface area contributed by atoms with E-state index in [9.17, 15) is 4.79 Å². The van der Waals surface area contributed by atoms with Crippen LogP contribution in [0, 0.1) is 0 Å². The van der Waals surface area contributed by atoms with Crippen LogP contribution in [0.3, 0.4) is 0 Å². The van der Waals surface area contributed by atoms with Crippen LogP contribution >= 0.6 is 11.6 Å². The zero-order valence-corrected chi connectivity index (χ0v) is 17.4. The molecule has 0 aliphatic rings. The van der Waals surface area contributed by atoms with Crippen LogP contribution in [0.5, 0.6) is 11.5 Å². The Hall–Kier alpha value is -2.46. The average Bonchev–Trinajstić information content (AvgIpc) is 2.70. The number of esters is 1. The van der Waals surface area contributed by atoms with E-state index < -0.39 is 0 Å². The molecule has 0 radical (unpaired) electrons. The molecule has 2 aromatic carbocycles. The molecular weight excluding hydrogens is 376 g/mol. The summed E-state index contributed by atoms with van der Waals surface area (Å²) in [5.41, 5.74) is 2.81. The lowest BCUT2D eigenvalue weighted by Crippen LogP contribution is -2.04. The lowest BCUT2D eigenvalue weighted by atomic mass is 9.96. The molecule has 5 heteroatoms. The van der Waals surface area contributed by atoms with Gasteiger partial charge in [-0.15, -0.1) is 0 Å². The first-order valence-corrected chi connectivity index (χ1v) is 9.97. The molecule has 0 saturated carbocycles. The van der Waals surface area contributed by atoms with Crippen LogP contribution in [0.4, 0.5) is 0 Å². The lowest BCUT2D eigenvalue weighted by Gasteiger charge is -2.14. The molecule has 0 unspecified atom stereocenters. The lowest BCUT2D eigenvalue weighted by molar-refractivity contribution is -0.143. The zero-order chi connectivity index (χ0) is 20.4. The maximum atomic E-state index is 11.7. The topological polar surface area (TPSA) is 44.8 Å². The van der Waals surface area contributed by atoms with Gasteiger partial charge in [0, 0.05) is 10.6 Å². The van der Waals surface area contributed by atoms with Gasteiger partial charge in [0.1, 0.15) is 11.5 Å². The van der Waals surface area contributed by atoms with Gasteiger partial charge in [0.15, 0.2) is 0 Å². The Morgan fingerprint density at radius 1 is 0.750 bits per heavy atom. The van der Waals surface area contributed by atoms with Crippen LogP contribution in [0.2, 0.25) is 0 Å². The molecule has 28 heavy (non-hydrogen) atoms. The number of allylic oxidation sites excluding steroid dienone is 1. The summed E-state index contributed by atoms with van der Waals surface area (Å²) in [4.78, 5) is 11.7. The molecule has 2 rings (SSSR count). The Morgan fingerprint density at radius 3 is 1.61 bits per heavy atom. The van der Waals surface area contributed by atoms with Gasteiger partial charge in [-0.3, -0.25) is 4.79 Å². The standard InChI is InChI=1S/C23H27ClO4/c1-4-26-19-11-7-17(8-12-19)23(21(24)15-16-22(25)28-6-3)18-9-13-20(14-10-18)27-5-2/h7-14H,4-6,15-16H2,1-3H3. The number of hydrogen-bond donors (Lipinski definition) is 0. The van der Waals surface area contributed by atoms with Crippen molar-refractivity contribution >= 4 is 23.1 Å². The van der Waals surface area contributed by atoms with Crippen molar-refractivity contribution in [3.05, 3.63) is 64.7 Å². The van der Waals surface area contributed by atoms with Crippen molar-refractivity contribution in [3.63, 3.8) is 0 Å². The highest BCUT2D eigenvalue weighted by Gasteiger charge is 2.13. The van der Waals surface area contributed by atoms with Crippen molar-refractivity contribution in [1.82, 2.24) is 0 Å². The molecule has 4 nitrogen and oxygen atoms in total. The van der Waals surface area contributed by atoms with E-state index in [1.165, 1.54) is 0 Å². The quantitative estimate of drug-likeness (QED) is 0.469. The van der Waals surface area contributed by atoms with E-state index in [0.717, 1.165) is 28.2 Å². The van der Waals surface area contributed by atoms with Crippen LogP contribution in [0.15, 0.2) is 53.6 Å². The van der Waals surface area contributed by atoms with Crippen molar-refractivity contribution in [2.75, 3.05) is 19.8 Å². The monoisotopic (exact) mass is 402 g/mol. The third kappa shape index (κ3) is 6.31. The molecule has 0 fully saturated rings. The third-order valence-corrected chi connectivity index (χ3v) is 4.41. The molecule has 0 aliphatic carbocycles. The first-order chi connectivity index (χ1) is 13.6. The summed E-state index contributed by atoms with van der Waals surface area (Å²) in [7, 11) is 0. The second kappa shape index (κ2) is 11.4. The summed E-state index contributed by atoms with van der Waals surface area (Å²) in [6, 6.07) is 15.6. The van der Waals surface area contributed by atoms with Gasteiger partial charge < -0.3 is 14.2 Å². The first kappa shape index (κ1) is 21.8. The Bertz CT molecular complexity index is 728. The minimum atomic E-state index is -0.251. The molecule has 0 amide bonds. The molecule has 150 valence electrons. The second-order valence-corrected chi connectivity index (χ2v) is 6.46. The predicted molar refractivity (Wildman–Crippen MR) is 113 cm³/mol. The maximum absolute atomic E-state index is 11.7. The smallest absolute Gasteiger partial charge is 0.306 e. The number of carbonyl (C=O) groups is 1. The van der Waals surface area contributed by atoms with Gasteiger partial charge in [-0.25, -0.2) is 0 Å². The minimum Gasteiger partial charge on any atom is -0.494 e. The van der Waals surface area contributed by atoms with E-state index in [2.05, 4.69) is 0 Å². The number of benzene rings is 2. The van der Waals surface area contributed by atoms with Crippen molar-refractivity contribution in [1.29, 1.82) is 0 Å². The van der Waals surface area contributed by atoms with Gasteiger partial charge in [-0.2, -0.15) is 0 Å². The van der Waals surface area contributed by atoms with E-state index in [-0.39, 0.29) is 12.4 Å². The zero-order valence-electron chi connectivity index (χ0n) is 16.7. The van der Waals surface area contributed by atoms with E-state index in [4.69, 9.17) is 25.8 Å². The van der Waals surface area contributed by atoms with E-state index in [1.807, 2.05) is 62.4 Å². The van der Waals surface area contributed by atoms with Crippen LogP contribution < -0.4 is 9.47 Å². The summed E-state index contributed by atoms with van der Waals surface area (Å²) in [6.07, 6.45) is 0.653. The van der Waals surface area contributed by atoms with Gasteiger partial charge in [-0.1, -0.05) is 35.9 Å². The van der Waals surface area contributed by atoms with Gasteiger partial charge in [0.25, 0.3) is 0 Å². The Balaban J connectivity index is 2.36. The van der Waals surface area contributed by atoms with Crippen LogP contribution in [0.1, 0.15) is 44.7 Å². The van der Waals surface area contributed by atoms with Crippen LogP contribution in [-0.4, -0.2) is 25.8 Å². The molecule has 0 aliphatic heterocycles. The van der Waals surface area contributed by atoms with Gasteiger partial charge >= 0.3 is 5.97 Å². The number of rotatable bonds is 10. The molecular formula is C23H27ClO4. The molecule has 0 spiro atoms. The van der Waals surface area contributed by atoms with Crippen molar-refractivity contribution in [2.24, 2.45) is 0 Å². The van der Waals surface area contributed by atoms with Crippen molar-refractivity contribution < 1.29 is 19.0 Å². The van der Waals surface area contributed by atoms with Gasteiger partial charge in [0.05, 0.1) is 26.2 Å². The number of hydrogen-bond acceptors (Lipinski definition) is 4. The molecule has 0 N–H and O–H groups in total. The largest absolute Gasteiger partial charge is 0.494 e. The Labute approximate surface area is 172 Å². The predicted octanol–water partition coefficient (Wildman–Crippen LogP) is 5.83. The fraction of sp³-hybridized carbons (Fsp3) is 0.348. The second-order valence-electron chi connectivity index (χ2n) is 6.00.